The smallest absolute Gasteiger partial charge is 0.335 e. The second-order valence-electron chi connectivity index (χ2n) is 10.7. The van der Waals surface area contributed by atoms with Crippen molar-refractivity contribution in [2.45, 2.75) is 87.9 Å². The Morgan fingerprint density at radius 3 is 2.50 bits per heavy atom. The van der Waals surface area contributed by atoms with Crippen LogP contribution in [-0.2, 0) is 4.79 Å². The summed E-state index contributed by atoms with van der Waals surface area (Å²) in [5, 5.41) is 33.8. The fraction of sp³-hybridized carbons (Fsp3) is 0.750. The van der Waals surface area contributed by atoms with E-state index in [1.807, 2.05) is 6.07 Å². The predicted molar refractivity (Wildman–Crippen MR) is 109 cm³/mol. The van der Waals surface area contributed by atoms with Crippen molar-refractivity contribution in [3.05, 3.63) is 34.4 Å². The topological polar surface area (TPSA) is 108 Å². The van der Waals surface area contributed by atoms with Gasteiger partial charge in [0.25, 0.3) is 0 Å². The van der Waals surface area contributed by atoms with Gasteiger partial charge in [-0.25, -0.2) is 4.79 Å². The Labute approximate surface area is 176 Å². The lowest BCUT2D eigenvalue weighted by atomic mass is 9.41. The molecular weight excluding hydrogens is 384 g/mol. The first-order valence-corrected chi connectivity index (χ1v) is 11.4. The number of hydrogen-bond donors (Lipinski definition) is 3. The van der Waals surface area contributed by atoms with E-state index >= 15 is 0 Å². The fourth-order valence-electron chi connectivity index (χ4n) is 8.25. The number of aliphatic hydroxyl groups is 3. The van der Waals surface area contributed by atoms with Gasteiger partial charge >= 0.3 is 5.63 Å². The second kappa shape index (κ2) is 6.50. The molecule has 30 heavy (non-hydrogen) atoms. The van der Waals surface area contributed by atoms with E-state index in [4.69, 9.17) is 4.42 Å². The lowest BCUT2D eigenvalue weighted by Crippen LogP contribution is -2.68. The summed E-state index contributed by atoms with van der Waals surface area (Å²) >= 11 is 0. The molecule has 0 spiro atoms. The van der Waals surface area contributed by atoms with Gasteiger partial charge in [0.2, 0.25) is 0 Å². The van der Waals surface area contributed by atoms with Crippen LogP contribution in [0.3, 0.4) is 0 Å². The normalized spacial score (nSPS) is 50.3. The van der Waals surface area contributed by atoms with Crippen molar-refractivity contribution in [1.82, 2.24) is 0 Å². The first-order chi connectivity index (χ1) is 14.2. The van der Waals surface area contributed by atoms with Crippen LogP contribution in [0.5, 0.6) is 0 Å². The van der Waals surface area contributed by atoms with E-state index in [0.717, 1.165) is 31.1 Å². The molecule has 8 atom stereocenters. The maximum atomic E-state index is 12.5. The fourth-order valence-corrected chi connectivity index (χ4v) is 8.25. The van der Waals surface area contributed by atoms with Crippen LogP contribution < -0.4 is 5.63 Å². The van der Waals surface area contributed by atoms with Gasteiger partial charge in [-0.2, -0.15) is 0 Å². The van der Waals surface area contributed by atoms with Crippen molar-refractivity contribution in [1.29, 1.82) is 0 Å². The average molecular weight is 417 g/mol. The third-order valence-electron chi connectivity index (χ3n) is 9.84. The summed E-state index contributed by atoms with van der Waals surface area (Å²) < 4.78 is 5.12. The molecular formula is C24H32O6. The number of carbonyl (C=O) groups is 1. The van der Waals surface area contributed by atoms with Crippen molar-refractivity contribution < 1.29 is 24.5 Å². The molecule has 6 heteroatoms. The molecule has 4 aliphatic carbocycles. The zero-order chi connectivity index (χ0) is 21.4. The Kier molecular flexibility index (Phi) is 4.42. The average Bonchev–Trinajstić information content (AvgIpc) is 2.99. The lowest BCUT2D eigenvalue weighted by molar-refractivity contribution is -0.247. The molecule has 0 bridgehead atoms. The quantitative estimate of drug-likeness (QED) is 0.640. The first kappa shape index (κ1) is 20.4. The second-order valence-corrected chi connectivity index (χ2v) is 10.7. The number of hydrogen-bond acceptors (Lipinski definition) is 6. The van der Waals surface area contributed by atoms with E-state index in [0.29, 0.717) is 32.1 Å². The van der Waals surface area contributed by atoms with Gasteiger partial charge in [0.15, 0.2) is 0 Å². The van der Waals surface area contributed by atoms with E-state index in [1.165, 1.54) is 12.3 Å². The number of fused-ring (bicyclic) bond motifs is 5. The molecule has 5 rings (SSSR count). The molecule has 0 aliphatic heterocycles. The number of aldehydes is 1. The van der Waals surface area contributed by atoms with Crippen molar-refractivity contribution in [2.75, 3.05) is 0 Å². The third kappa shape index (κ3) is 2.41. The van der Waals surface area contributed by atoms with E-state index in [-0.39, 0.29) is 35.2 Å². The molecule has 164 valence electrons. The van der Waals surface area contributed by atoms with E-state index in [1.54, 1.807) is 0 Å². The van der Waals surface area contributed by atoms with Crippen LogP contribution in [0, 0.1) is 22.7 Å². The van der Waals surface area contributed by atoms with E-state index < -0.39 is 22.7 Å². The van der Waals surface area contributed by atoms with Gasteiger partial charge in [0.1, 0.15) is 6.29 Å². The Balaban J connectivity index is 1.53. The van der Waals surface area contributed by atoms with Crippen molar-refractivity contribution >= 4 is 6.29 Å². The summed E-state index contributed by atoms with van der Waals surface area (Å²) in [7, 11) is 0. The summed E-state index contributed by atoms with van der Waals surface area (Å²) in [5.74, 6) is -0.0431. The summed E-state index contributed by atoms with van der Waals surface area (Å²) in [6, 6.07) is 3.26. The molecule has 4 aliphatic rings. The molecule has 1 aromatic heterocycles. The molecule has 1 aromatic rings. The van der Waals surface area contributed by atoms with Crippen LogP contribution >= 0.6 is 0 Å². The summed E-state index contributed by atoms with van der Waals surface area (Å²) in [4.78, 5) is 23.9. The highest BCUT2D eigenvalue weighted by molar-refractivity contribution is 5.64. The van der Waals surface area contributed by atoms with Gasteiger partial charge in [-0.15, -0.1) is 0 Å². The zero-order valence-electron chi connectivity index (χ0n) is 17.5. The highest BCUT2D eigenvalue weighted by atomic mass is 16.4. The molecule has 0 radical (unpaired) electrons. The van der Waals surface area contributed by atoms with Crippen LogP contribution in [0.4, 0.5) is 0 Å². The Morgan fingerprint density at radius 2 is 1.80 bits per heavy atom. The molecule has 4 saturated carbocycles. The van der Waals surface area contributed by atoms with Gasteiger partial charge < -0.3 is 24.5 Å². The maximum absolute atomic E-state index is 12.5. The van der Waals surface area contributed by atoms with Gasteiger partial charge in [-0.3, -0.25) is 0 Å². The Hall–Kier alpha value is -1.50. The minimum absolute atomic E-state index is 0.0577. The Bertz CT molecular complexity index is 891. The van der Waals surface area contributed by atoms with Crippen LogP contribution in [0.15, 0.2) is 27.6 Å². The maximum Gasteiger partial charge on any atom is 0.335 e. The van der Waals surface area contributed by atoms with Crippen molar-refractivity contribution in [3.63, 3.8) is 0 Å². The third-order valence-corrected chi connectivity index (χ3v) is 9.84. The number of aliphatic hydroxyl groups excluding tert-OH is 1. The molecule has 0 aromatic carbocycles. The lowest BCUT2D eigenvalue weighted by Gasteiger charge is -2.65. The van der Waals surface area contributed by atoms with E-state index in [9.17, 15) is 24.9 Å². The van der Waals surface area contributed by atoms with Crippen LogP contribution in [-0.4, -0.2) is 38.9 Å². The Morgan fingerprint density at radius 1 is 1.03 bits per heavy atom. The molecule has 3 N–H and O–H groups in total. The standard InChI is InChI=1S/C24H32O6/c1-21-8-5-18-19(6-10-23(28)12-16(26)4-9-22(18,23)14-25)24(21,29)11-7-17(21)15-2-3-20(27)30-13-15/h2-3,13-14,16-19,26,28-29H,4-12H2,1H3/t16-,17+,18-,19+,21+,22-,23+,24-/m0/s1. The highest BCUT2D eigenvalue weighted by Gasteiger charge is 2.71. The van der Waals surface area contributed by atoms with E-state index in [2.05, 4.69) is 6.92 Å². The first-order valence-electron chi connectivity index (χ1n) is 11.4. The van der Waals surface area contributed by atoms with Gasteiger partial charge in [0.05, 0.1) is 29.0 Å². The molecule has 0 unspecified atom stereocenters. The van der Waals surface area contributed by atoms with Gasteiger partial charge in [-0.05, 0) is 80.8 Å². The highest BCUT2D eigenvalue weighted by Crippen LogP contribution is 2.70. The van der Waals surface area contributed by atoms with Gasteiger partial charge in [0, 0.05) is 17.9 Å². The monoisotopic (exact) mass is 416 g/mol. The molecule has 0 saturated heterocycles. The largest absolute Gasteiger partial charge is 0.431 e. The minimum Gasteiger partial charge on any atom is -0.431 e. The molecule has 6 nitrogen and oxygen atoms in total. The van der Waals surface area contributed by atoms with Crippen LogP contribution in [0.1, 0.15) is 76.2 Å². The predicted octanol–water partition coefficient (Wildman–Crippen LogP) is 2.54. The summed E-state index contributed by atoms with van der Waals surface area (Å²) in [5.41, 5.74) is -2.79. The molecule has 1 heterocycles. The van der Waals surface area contributed by atoms with Gasteiger partial charge in [-0.1, -0.05) is 6.92 Å². The van der Waals surface area contributed by atoms with Crippen LogP contribution in [0.2, 0.25) is 0 Å². The van der Waals surface area contributed by atoms with Crippen molar-refractivity contribution in [2.24, 2.45) is 22.7 Å². The van der Waals surface area contributed by atoms with Crippen molar-refractivity contribution in [3.8, 4) is 0 Å². The van der Waals surface area contributed by atoms with Crippen LogP contribution in [0.25, 0.3) is 0 Å². The summed E-state index contributed by atoms with van der Waals surface area (Å²) in [6.07, 6.45) is 7.24. The summed E-state index contributed by atoms with van der Waals surface area (Å²) in [6.45, 7) is 2.14. The number of rotatable bonds is 2. The molecule has 4 fully saturated rings. The minimum atomic E-state index is -1.18. The SMILES string of the molecule is C[C@]12CC[C@H]3[C@@H](CC[C@@]4(O)C[C@@H](O)CC[C@]34C=O)[C@@]1(O)CC[C@@H]2c1ccc(=O)oc1. The molecule has 0 amide bonds. The number of carbonyl (C=O) groups excluding carboxylic acids is 1. The zero-order valence-corrected chi connectivity index (χ0v) is 17.5.